The Morgan fingerprint density at radius 1 is 1.28 bits per heavy atom. The lowest BCUT2D eigenvalue weighted by Gasteiger charge is -2.18. The van der Waals surface area contributed by atoms with Gasteiger partial charge in [-0.05, 0) is 43.7 Å². The van der Waals surface area contributed by atoms with Gasteiger partial charge in [0.05, 0.1) is 23.2 Å². The van der Waals surface area contributed by atoms with Gasteiger partial charge in [0.15, 0.2) is 0 Å². The molecule has 5 N–H and O–H groups in total. The number of amides is 1. The third kappa shape index (κ3) is 5.43. The summed E-state index contributed by atoms with van der Waals surface area (Å²) in [4.78, 5) is 21.1. The predicted molar refractivity (Wildman–Crippen MR) is 114 cm³/mol. The van der Waals surface area contributed by atoms with E-state index < -0.39 is 12.3 Å². The van der Waals surface area contributed by atoms with Crippen LogP contribution < -0.4 is 10.6 Å². The van der Waals surface area contributed by atoms with Crippen LogP contribution in [0.1, 0.15) is 39.0 Å². The Morgan fingerprint density at radius 2 is 2.00 bits per heavy atom. The first-order valence-electron chi connectivity index (χ1n) is 9.11. The van der Waals surface area contributed by atoms with Crippen LogP contribution in [0.15, 0.2) is 36.4 Å². The van der Waals surface area contributed by atoms with Gasteiger partial charge < -0.3 is 20.5 Å². The fraction of sp³-hybridized carbons (Fsp3) is 0.300. The number of thiazole rings is 1. The molecule has 7 nitrogen and oxygen atoms in total. The normalized spacial score (nSPS) is 13.3. The summed E-state index contributed by atoms with van der Waals surface area (Å²) < 4.78 is 0. The van der Waals surface area contributed by atoms with Gasteiger partial charge >= 0.3 is 0 Å². The summed E-state index contributed by atoms with van der Waals surface area (Å²) in [6.07, 6.45) is -0.727. The van der Waals surface area contributed by atoms with Gasteiger partial charge in [-0.25, -0.2) is 4.98 Å². The Balaban J connectivity index is 1.77. The maximum atomic E-state index is 12.8. The Kier molecular flexibility index (Phi) is 7.05. The molecule has 2 aromatic heterocycles. The molecule has 3 rings (SSSR count). The minimum absolute atomic E-state index is 0.102. The molecule has 0 aliphatic heterocycles. The number of hydrogen-bond acceptors (Lipinski definition) is 6. The quantitative estimate of drug-likeness (QED) is 0.350. The summed E-state index contributed by atoms with van der Waals surface area (Å²) >= 11 is 7.27. The average Bonchev–Trinajstić information content (AvgIpc) is 3.32. The SMILES string of the molecule is Cc1nc(C(CNC(C)O)NC(=O)c2ccc(-c3ccc(Cl)cc3)[nH]2)sc1CO. The number of nitrogens with one attached hydrogen (secondary N) is 3. The summed E-state index contributed by atoms with van der Waals surface area (Å²) in [6, 6.07) is 10.4. The van der Waals surface area contributed by atoms with Gasteiger partial charge in [0, 0.05) is 17.3 Å². The number of aliphatic hydroxyl groups excluding tert-OH is 2. The molecule has 1 amide bonds. The van der Waals surface area contributed by atoms with E-state index in [-0.39, 0.29) is 12.5 Å². The maximum absolute atomic E-state index is 12.8. The Hall–Kier alpha value is -2.23. The van der Waals surface area contributed by atoms with Gasteiger partial charge in [0.25, 0.3) is 5.91 Å². The molecule has 0 aliphatic carbocycles. The first-order valence-corrected chi connectivity index (χ1v) is 10.3. The van der Waals surface area contributed by atoms with Gasteiger partial charge in [0.2, 0.25) is 0 Å². The van der Waals surface area contributed by atoms with Crippen molar-refractivity contribution in [3.63, 3.8) is 0 Å². The molecule has 0 fully saturated rings. The standard InChI is InChI=1S/C20H23ClN4O3S/c1-11-18(10-26)29-20(23-11)17(9-22-12(2)27)25-19(28)16-8-7-15(24-16)13-3-5-14(21)6-4-13/h3-8,12,17,22,24,26-27H,9-10H2,1-2H3,(H,25,28). The average molecular weight is 435 g/mol. The van der Waals surface area contributed by atoms with E-state index >= 15 is 0 Å². The van der Waals surface area contributed by atoms with Crippen molar-refractivity contribution in [2.24, 2.45) is 0 Å². The van der Waals surface area contributed by atoms with Crippen molar-refractivity contribution in [2.75, 3.05) is 6.54 Å². The summed E-state index contributed by atoms with van der Waals surface area (Å²) in [5.41, 5.74) is 2.86. The van der Waals surface area contributed by atoms with Crippen LogP contribution >= 0.6 is 22.9 Å². The number of carbonyl (C=O) groups excluding carboxylic acids is 1. The monoisotopic (exact) mass is 434 g/mol. The zero-order chi connectivity index (χ0) is 21.0. The lowest BCUT2D eigenvalue weighted by molar-refractivity contribution is 0.0921. The minimum Gasteiger partial charge on any atom is -0.391 e. The van der Waals surface area contributed by atoms with Crippen molar-refractivity contribution in [1.82, 2.24) is 20.6 Å². The van der Waals surface area contributed by atoms with E-state index in [0.717, 1.165) is 21.8 Å². The smallest absolute Gasteiger partial charge is 0.268 e. The first kappa shape index (κ1) is 21.5. The number of aromatic amines is 1. The highest BCUT2D eigenvalue weighted by molar-refractivity contribution is 7.11. The van der Waals surface area contributed by atoms with Crippen LogP contribution in [0, 0.1) is 6.92 Å². The lowest BCUT2D eigenvalue weighted by Crippen LogP contribution is -2.38. The van der Waals surface area contributed by atoms with E-state index in [1.165, 1.54) is 11.3 Å². The number of nitrogens with zero attached hydrogens (tertiary/aromatic N) is 1. The highest BCUT2D eigenvalue weighted by Crippen LogP contribution is 2.25. The van der Waals surface area contributed by atoms with Crippen molar-refractivity contribution in [3.05, 3.63) is 62.7 Å². The fourth-order valence-corrected chi connectivity index (χ4v) is 3.90. The molecule has 0 saturated heterocycles. The maximum Gasteiger partial charge on any atom is 0.268 e. The molecule has 2 unspecified atom stereocenters. The summed E-state index contributed by atoms with van der Waals surface area (Å²) in [5, 5.41) is 26.2. The Bertz CT molecular complexity index is 969. The van der Waals surface area contributed by atoms with Crippen LogP contribution in [0.3, 0.4) is 0 Å². The molecular formula is C20H23ClN4O3S. The zero-order valence-corrected chi connectivity index (χ0v) is 17.6. The topological polar surface area (TPSA) is 110 Å². The molecule has 0 aliphatic rings. The molecule has 9 heteroatoms. The van der Waals surface area contributed by atoms with Crippen molar-refractivity contribution < 1.29 is 15.0 Å². The van der Waals surface area contributed by atoms with Gasteiger partial charge in [-0.15, -0.1) is 11.3 Å². The van der Waals surface area contributed by atoms with Gasteiger partial charge in [-0.1, -0.05) is 23.7 Å². The van der Waals surface area contributed by atoms with Gasteiger partial charge in [-0.2, -0.15) is 0 Å². The molecular weight excluding hydrogens is 412 g/mol. The third-order valence-corrected chi connectivity index (χ3v) is 5.87. The molecule has 0 spiro atoms. The first-order chi connectivity index (χ1) is 13.9. The predicted octanol–water partition coefficient (Wildman–Crippen LogP) is 2.99. The second-order valence-corrected chi connectivity index (χ2v) is 8.17. The number of carbonyl (C=O) groups is 1. The molecule has 3 aromatic rings. The Labute approximate surface area is 177 Å². The largest absolute Gasteiger partial charge is 0.391 e. The van der Waals surface area contributed by atoms with E-state index in [2.05, 4.69) is 20.6 Å². The van der Waals surface area contributed by atoms with Crippen LogP contribution in [0.25, 0.3) is 11.3 Å². The highest BCUT2D eigenvalue weighted by atomic mass is 35.5. The highest BCUT2D eigenvalue weighted by Gasteiger charge is 2.21. The van der Waals surface area contributed by atoms with Crippen LogP contribution in [-0.2, 0) is 6.61 Å². The molecule has 0 radical (unpaired) electrons. The molecule has 2 atom stereocenters. The van der Waals surface area contributed by atoms with Crippen LogP contribution in [-0.4, -0.2) is 38.9 Å². The van der Waals surface area contributed by atoms with Crippen LogP contribution in [0.2, 0.25) is 5.02 Å². The zero-order valence-electron chi connectivity index (χ0n) is 16.1. The van der Waals surface area contributed by atoms with E-state index in [1.807, 2.05) is 25.1 Å². The number of aromatic nitrogens is 2. The van der Waals surface area contributed by atoms with E-state index in [9.17, 15) is 15.0 Å². The number of aryl methyl sites for hydroxylation is 1. The van der Waals surface area contributed by atoms with Crippen molar-refractivity contribution in [3.8, 4) is 11.3 Å². The number of rotatable bonds is 8. The van der Waals surface area contributed by atoms with Crippen molar-refractivity contribution in [1.29, 1.82) is 0 Å². The molecule has 154 valence electrons. The number of H-pyrrole nitrogens is 1. The number of halogens is 1. The second-order valence-electron chi connectivity index (χ2n) is 6.62. The number of hydrogen-bond donors (Lipinski definition) is 5. The lowest BCUT2D eigenvalue weighted by atomic mass is 10.2. The van der Waals surface area contributed by atoms with Crippen LogP contribution in [0.5, 0.6) is 0 Å². The second kappa shape index (κ2) is 9.51. The van der Waals surface area contributed by atoms with Crippen LogP contribution in [0.4, 0.5) is 0 Å². The molecule has 0 bridgehead atoms. The summed E-state index contributed by atoms with van der Waals surface area (Å²) in [7, 11) is 0. The minimum atomic E-state index is -0.727. The van der Waals surface area contributed by atoms with Crippen molar-refractivity contribution >= 4 is 28.8 Å². The van der Waals surface area contributed by atoms with Gasteiger partial charge in [0.1, 0.15) is 16.9 Å². The van der Waals surface area contributed by atoms with E-state index in [0.29, 0.717) is 22.3 Å². The molecule has 1 aromatic carbocycles. The van der Waals surface area contributed by atoms with Gasteiger partial charge in [-0.3, -0.25) is 10.1 Å². The van der Waals surface area contributed by atoms with E-state index in [1.54, 1.807) is 25.1 Å². The summed E-state index contributed by atoms with van der Waals surface area (Å²) in [6.45, 7) is 3.62. The molecule has 2 heterocycles. The number of benzene rings is 1. The van der Waals surface area contributed by atoms with E-state index in [4.69, 9.17) is 11.6 Å². The molecule has 0 saturated carbocycles. The fourth-order valence-electron chi connectivity index (χ4n) is 2.80. The van der Waals surface area contributed by atoms with Crippen molar-refractivity contribution in [2.45, 2.75) is 32.7 Å². The number of aliphatic hydroxyl groups is 2. The molecule has 29 heavy (non-hydrogen) atoms. The Morgan fingerprint density at radius 3 is 2.62 bits per heavy atom. The summed E-state index contributed by atoms with van der Waals surface area (Å²) in [5.74, 6) is -0.291. The third-order valence-electron chi connectivity index (χ3n) is 4.36.